The Morgan fingerprint density at radius 1 is 0.571 bits per heavy atom. The first-order valence-electron chi connectivity index (χ1n) is 10.7. The summed E-state index contributed by atoms with van der Waals surface area (Å²) in [5, 5.41) is 22.3. The number of benzene rings is 4. The van der Waals surface area contributed by atoms with E-state index in [4.69, 9.17) is 10.3 Å². The number of hydrogen-bond donors (Lipinski definition) is 3. The zero-order chi connectivity index (χ0) is 25.9. The minimum absolute atomic E-state index is 0.0960. The second-order valence-corrected chi connectivity index (χ2v) is 11.8. The maximum absolute atomic E-state index is 13.3. The van der Waals surface area contributed by atoms with E-state index >= 15 is 0 Å². The van der Waals surface area contributed by atoms with Crippen LogP contribution in [0.4, 0.5) is 0 Å². The van der Waals surface area contributed by atoms with Gasteiger partial charge in [-0.2, -0.15) is 0 Å². The Morgan fingerprint density at radius 3 is 1.43 bits per heavy atom. The van der Waals surface area contributed by atoms with Gasteiger partial charge in [0.05, 0.1) is 9.79 Å². The van der Waals surface area contributed by atoms with Crippen LogP contribution in [0.25, 0.3) is 33.0 Å². The maximum atomic E-state index is 13.3. The molecule has 0 radical (unpaired) electrons. The molecule has 5 N–H and O–H groups in total. The third kappa shape index (κ3) is 4.21. The molecule has 0 aromatic heterocycles. The van der Waals surface area contributed by atoms with Crippen LogP contribution in [-0.2, 0) is 20.0 Å². The van der Waals surface area contributed by atoms with Crippen molar-refractivity contribution < 1.29 is 21.9 Å². The summed E-state index contributed by atoms with van der Waals surface area (Å²) in [4.78, 5) is -0.727. The molecule has 4 aromatic carbocycles. The normalized spacial score (nSPS) is 12.3. The van der Waals surface area contributed by atoms with Gasteiger partial charge in [0, 0.05) is 16.5 Å². The average molecular weight is 511 g/mol. The van der Waals surface area contributed by atoms with E-state index in [0.29, 0.717) is 27.6 Å². The van der Waals surface area contributed by atoms with Crippen LogP contribution in [0.3, 0.4) is 0 Å². The fraction of sp³-hybridized carbons (Fsp3) is 0.154. The van der Waals surface area contributed by atoms with Crippen molar-refractivity contribution in [3.63, 3.8) is 0 Å². The lowest BCUT2D eigenvalue weighted by Gasteiger charge is -2.24. The van der Waals surface area contributed by atoms with Crippen molar-refractivity contribution in [2.75, 3.05) is 0 Å². The molecular weight excluding hydrogens is 484 g/mol. The zero-order valence-electron chi connectivity index (χ0n) is 19.7. The molecule has 0 aliphatic carbocycles. The third-order valence-electron chi connectivity index (χ3n) is 6.23. The van der Waals surface area contributed by atoms with Crippen molar-refractivity contribution in [2.24, 2.45) is 10.3 Å². The van der Waals surface area contributed by atoms with Gasteiger partial charge in [-0.15, -0.1) is 0 Å². The quantitative estimate of drug-likeness (QED) is 0.373. The summed E-state index contributed by atoms with van der Waals surface area (Å²) in [5.41, 5.74) is 4.03. The lowest BCUT2D eigenvalue weighted by atomic mass is 9.86. The smallest absolute Gasteiger partial charge is 0.239 e. The fourth-order valence-electron chi connectivity index (χ4n) is 4.90. The summed E-state index contributed by atoms with van der Waals surface area (Å²) in [6.07, 6.45) is 0. The second kappa shape index (κ2) is 8.46. The lowest BCUT2D eigenvalue weighted by molar-refractivity contribution is 0.476. The standard InChI is InChI=1S/C26H26N2O5S2/c1-14-7-5-8-15(2)21(14)23-19-12-11-18(29)13-20(19)25(34(27,30)31)24(26(23)35(28,32)33)22-16(3)9-6-10-17(22)4/h5-13,29H,1-4H3,(H2,27,30,31)(H2,28,32,33). The first-order chi connectivity index (χ1) is 16.2. The number of sulfonamides is 2. The van der Waals surface area contributed by atoms with Gasteiger partial charge in [-0.1, -0.05) is 36.4 Å². The highest BCUT2D eigenvalue weighted by Gasteiger charge is 2.34. The van der Waals surface area contributed by atoms with Crippen LogP contribution in [0, 0.1) is 27.7 Å². The molecule has 9 heteroatoms. The average Bonchev–Trinajstić information content (AvgIpc) is 2.71. The Morgan fingerprint density at radius 2 is 1.00 bits per heavy atom. The zero-order valence-corrected chi connectivity index (χ0v) is 21.4. The summed E-state index contributed by atoms with van der Waals surface area (Å²) in [7, 11) is -8.99. The number of primary sulfonamides is 2. The van der Waals surface area contributed by atoms with Crippen LogP contribution in [0.1, 0.15) is 22.3 Å². The number of aromatic hydroxyl groups is 1. The first-order valence-corrected chi connectivity index (χ1v) is 13.8. The molecule has 0 amide bonds. The SMILES string of the molecule is Cc1cccc(C)c1-c1c(S(N)(=O)=O)c(-c2c(C)cccc2C)c2ccc(O)cc2c1S(N)(=O)=O. The third-order valence-corrected chi connectivity index (χ3v) is 8.20. The predicted molar refractivity (Wildman–Crippen MR) is 138 cm³/mol. The first kappa shape index (κ1) is 24.9. The van der Waals surface area contributed by atoms with Gasteiger partial charge < -0.3 is 5.11 Å². The van der Waals surface area contributed by atoms with E-state index in [1.165, 1.54) is 18.2 Å². The monoisotopic (exact) mass is 510 g/mol. The van der Waals surface area contributed by atoms with Crippen molar-refractivity contribution in [1.82, 2.24) is 0 Å². The molecule has 4 aromatic rings. The van der Waals surface area contributed by atoms with E-state index in [1.54, 1.807) is 32.0 Å². The molecule has 7 nitrogen and oxygen atoms in total. The van der Waals surface area contributed by atoms with Crippen molar-refractivity contribution in [1.29, 1.82) is 0 Å². The predicted octanol–water partition coefficient (Wildman–Crippen LogP) is 4.41. The van der Waals surface area contributed by atoms with Gasteiger partial charge in [-0.05, 0) is 84.7 Å². The molecule has 0 unspecified atom stereocenters. The van der Waals surface area contributed by atoms with Crippen LogP contribution in [-0.4, -0.2) is 21.9 Å². The largest absolute Gasteiger partial charge is 0.508 e. The van der Waals surface area contributed by atoms with E-state index in [9.17, 15) is 21.9 Å². The van der Waals surface area contributed by atoms with E-state index in [2.05, 4.69) is 0 Å². The van der Waals surface area contributed by atoms with E-state index < -0.39 is 24.9 Å². The van der Waals surface area contributed by atoms with Gasteiger partial charge in [-0.25, -0.2) is 27.1 Å². The van der Waals surface area contributed by atoms with E-state index in [-0.39, 0.29) is 27.2 Å². The fourth-order valence-corrected chi connectivity index (χ4v) is 6.91. The van der Waals surface area contributed by atoms with Gasteiger partial charge in [-0.3, -0.25) is 0 Å². The van der Waals surface area contributed by atoms with Gasteiger partial charge in [0.2, 0.25) is 20.0 Å². The maximum Gasteiger partial charge on any atom is 0.239 e. The van der Waals surface area contributed by atoms with Crippen LogP contribution in [0.2, 0.25) is 0 Å². The summed E-state index contributed by atoms with van der Waals surface area (Å²) >= 11 is 0. The molecule has 0 saturated carbocycles. The molecule has 0 bridgehead atoms. The lowest BCUT2D eigenvalue weighted by Crippen LogP contribution is -2.21. The molecule has 0 aliphatic heterocycles. The Hall–Kier alpha value is -3.24. The molecular formula is C26H26N2O5S2. The minimum Gasteiger partial charge on any atom is -0.508 e. The Balaban J connectivity index is 2.52. The number of aryl methyl sites for hydroxylation is 4. The molecule has 35 heavy (non-hydrogen) atoms. The number of phenols is 1. The topological polar surface area (TPSA) is 141 Å². The van der Waals surface area contributed by atoms with E-state index in [1.807, 2.05) is 32.0 Å². The second-order valence-electron chi connectivity index (χ2n) is 8.76. The van der Waals surface area contributed by atoms with Crippen molar-refractivity contribution in [3.05, 3.63) is 76.9 Å². The molecule has 0 spiro atoms. The van der Waals surface area contributed by atoms with Crippen molar-refractivity contribution in [2.45, 2.75) is 37.5 Å². The highest BCUT2D eigenvalue weighted by atomic mass is 32.2. The van der Waals surface area contributed by atoms with Crippen LogP contribution in [0.5, 0.6) is 5.75 Å². The van der Waals surface area contributed by atoms with Crippen molar-refractivity contribution >= 4 is 30.8 Å². The Labute approximate surface area is 205 Å². The minimum atomic E-state index is -4.49. The summed E-state index contributed by atoms with van der Waals surface area (Å²) in [6.45, 7) is 7.20. The van der Waals surface area contributed by atoms with Gasteiger partial charge in [0.25, 0.3) is 0 Å². The van der Waals surface area contributed by atoms with Gasteiger partial charge in [0.1, 0.15) is 5.75 Å². The van der Waals surface area contributed by atoms with Gasteiger partial charge >= 0.3 is 0 Å². The molecule has 0 aliphatic rings. The Bertz CT molecular complexity index is 1700. The molecule has 182 valence electrons. The van der Waals surface area contributed by atoms with Crippen molar-refractivity contribution in [3.8, 4) is 28.0 Å². The molecule has 4 rings (SSSR count). The molecule has 0 heterocycles. The highest BCUT2D eigenvalue weighted by Crippen LogP contribution is 2.49. The molecule has 0 saturated heterocycles. The summed E-state index contributed by atoms with van der Waals surface area (Å²) in [5.74, 6) is -0.189. The number of nitrogens with two attached hydrogens (primary N) is 2. The number of fused-ring (bicyclic) bond motifs is 1. The number of hydrogen-bond acceptors (Lipinski definition) is 5. The number of rotatable bonds is 4. The number of phenolic OH excluding ortho intramolecular Hbond substituents is 1. The summed E-state index contributed by atoms with van der Waals surface area (Å²) in [6, 6.07) is 15.0. The highest BCUT2D eigenvalue weighted by molar-refractivity contribution is 7.90. The molecule has 0 atom stereocenters. The van der Waals surface area contributed by atoms with E-state index in [0.717, 1.165) is 11.1 Å². The van der Waals surface area contributed by atoms with Crippen LogP contribution >= 0.6 is 0 Å². The van der Waals surface area contributed by atoms with Gasteiger partial charge in [0.15, 0.2) is 0 Å². The Kier molecular flexibility index (Phi) is 6.01. The summed E-state index contributed by atoms with van der Waals surface area (Å²) < 4.78 is 52.9. The molecule has 0 fully saturated rings. The van der Waals surface area contributed by atoms with Crippen LogP contribution in [0.15, 0.2) is 64.4 Å². The van der Waals surface area contributed by atoms with Crippen LogP contribution < -0.4 is 10.3 Å².